The summed E-state index contributed by atoms with van der Waals surface area (Å²) >= 11 is 0. The zero-order valence-corrected chi connectivity index (χ0v) is 11.2. The average Bonchev–Trinajstić information content (AvgIpc) is 2.63. The van der Waals surface area contributed by atoms with E-state index in [1.807, 2.05) is 0 Å². The smallest absolute Gasteiger partial charge is 0.326 e. The van der Waals surface area contributed by atoms with Gasteiger partial charge >= 0.3 is 12.0 Å². The molecule has 0 fully saturated rings. The first kappa shape index (κ1) is 16.0. The number of urea groups is 1. The molecule has 1 heterocycles. The van der Waals surface area contributed by atoms with Gasteiger partial charge in [-0.2, -0.15) is 0 Å². The van der Waals surface area contributed by atoms with E-state index in [2.05, 4.69) is 10.6 Å². The standard InChI is InChI=1S/C10H15N3O6S/c11-8(14)2-1-7(9(15)16)13-10(17)12-6-3-4-20(18,19)5-6/h3-4,6-7H,1-2,5H2,(H2,11,14)(H,15,16)(H2,12,13,17). The minimum atomic E-state index is -3.31. The van der Waals surface area contributed by atoms with Crippen LogP contribution in [0, 0.1) is 0 Å². The second-order valence-electron chi connectivity index (χ2n) is 4.28. The highest BCUT2D eigenvalue weighted by Crippen LogP contribution is 2.07. The van der Waals surface area contributed by atoms with Crippen molar-refractivity contribution in [2.45, 2.75) is 24.9 Å². The van der Waals surface area contributed by atoms with Crippen LogP contribution < -0.4 is 16.4 Å². The van der Waals surface area contributed by atoms with Crippen LogP contribution in [0.15, 0.2) is 11.5 Å². The Balaban J connectivity index is 2.48. The Labute approximate surface area is 115 Å². The molecule has 1 rings (SSSR count). The van der Waals surface area contributed by atoms with E-state index in [9.17, 15) is 22.8 Å². The highest BCUT2D eigenvalue weighted by Gasteiger charge is 2.25. The van der Waals surface area contributed by atoms with Gasteiger partial charge in [-0.25, -0.2) is 18.0 Å². The zero-order chi connectivity index (χ0) is 15.3. The van der Waals surface area contributed by atoms with Crippen molar-refractivity contribution in [3.05, 3.63) is 11.5 Å². The molecule has 0 saturated heterocycles. The van der Waals surface area contributed by atoms with Gasteiger partial charge in [-0.1, -0.05) is 0 Å². The maximum atomic E-state index is 11.5. The molecule has 2 unspecified atom stereocenters. The van der Waals surface area contributed by atoms with Crippen molar-refractivity contribution in [2.75, 3.05) is 5.75 Å². The summed E-state index contributed by atoms with van der Waals surface area (Å²) in [6.07, 6.45) is 0.972. The van der Waals surface area contributed by atoms with Crippen molar-refractivity contribution in [1.29, 1.82) is 0 Å². The van der Waals surface area contributed by atoms with Gasteiger partial charge in [0.2, 0.25) is 5.91 Å². The second kappa shape index (κ2) is 6.37. The molecule has 10 heteroatoms. The van der Waals surface area contributed by atoms with Crippen molar-refractivity contribution in [2.24, 2.45) is 5.73 Å². The fourth-order valence-corrected chi connectivity index (χ4v) is 2.81. The normalized spacial score (nSPS) is 21.1. The van der Waals surface area contributed by atoms with Crippen LogP contribution >= 0.6 is 0 Å². The Hall–Kier alpha value is -2.10. The molecular weight excluding hydrogens is 290 g/mol. The summed E-state index contributed by atoms with van der Waals surface area (Å²) in [5.41, 5.74) is 4.90. The Kier molecular flexibility index (Phi) is 5.08. The third-order valence-corrected chi connectivity index (χ3v) is 3.92. The number of aliphatic carboxylic acids is 1. The summed E-state index contributed by atoms with van der Waals surface area (Å²) < 4.78 is 22.3. The number of carbonyl (C=O) groups is 3. The first-order valence-electron chi connectivity index (χ1n) is 5.69. The molecule has 2 atom stereocenters. The molecule has 9 nitrogen and oxygen atoms in total. The molecule has 0 aliphatic carbocycles. The van der Waals surface area contributed by atoms with Crippen molar-refractivity contribution in [3.63, 3.8) is 0 Å². The number of hydrogen-bond donors (Lipinski definition) is 4. The van der Waals surface area contributed by atoms with E-state index < -0.39 is 39.8 Å². The number of carboxylic acid groups (broad SMARTS) is 1. The van der Waals surface area contributed by atoms with Gasteiger partial charge in [-0.05, 0) is 12.5 Å². The molecule has 1 aliphatic heterocycles. The molecule has 0 aromatic carbocycles. The lowest BCUT2D eigenvalue weighted by molar-refractivity contribution is -0.139. The number of nitrogens with one attached hydrogen (secondary N) is 2. The second-order valence-corrected chi connectivity index (χ2v) is 6.21. The maximum Gasteiger partial charge on any atom is 0.326 e. The van der Waals surface area contributed by atoms with Crippen molar-refractivity contribution >= 4 is 27.7 Å². The van der Waals surface area contributed by atoms with Gasteiger partial charge in [0.05, 0.1) is 11.8 Å². The van der Waals surface area contributed by atoms with Crippen LogP contribution in [-0.4, -0.2) is 49.3 Å². The molecule has 112 valence electrons. The lowest BCUT2D eigenvalue weighted by atomic mass is 10.1. The molecule has 0 aromatic rings. The van der Waals surface area contributed by atoms with Crippen LogP contribution in [0.4, 0.5) is 4.79 Å². The monoisotopic (exact) mass is 305 g/mol. The Morgan fingerprint density at radius 3 is 2.50 bits per heavy atom. The number of rotatable bonds is 6. The molecule has 0 radical (unpaired) electrons. The summed E-state index contributed by atoms with van der Waals surface area (Å²) in [6, 6.07) is -2.80. The van der Waals surface area contributed by atoms with E-state index in [1.54, 1.807) is 0 Å². The number of hydrogen-bond acceptors (Lipinski definition) is 5. The van der Waals surface area contributed by atoms with E-state index in [-0.39, 0.29) is 18.6 Å². The molecule has 3 amide bonds. The first-order valence-corrected chi connectivity index (χ1v) is 7.40. The first-order chi connectivity index (χ1) is 9.19. The van der Waals surface area contributed by atoms with Crippen LogP contribution in [0.2, 0.25) is 0 Å². The van der Waals surface area contributed by atoms with E-state index in [0.717, 1.165) is 5.41 Å². The van der Waals surface area contributed by atoms with Gasteiger partial charge in [0.15, 0.2) is 9.84 Å². The maximum absolute atomic E-state index is 11.5. The molecule has 5 N–H and O–H groups in total. The largest absolute Gasteiger partial charge is 0.480 e. The number of primary amides is 1. The predicted octanol–water partition coefficient (Wildman–Crippen LogP) is -1.68. The topological polar surface area (TPSA) is 156 Å². The Morgan fingerprint density at radius 2 is 2.05 bits per heavy atom. The SMILES string of the molecule is NC(=O)CCC(NC(=O)NC1C=CS(=O)(=O)C1)C(=O)O. The van der Waals surface area contributed by atoms with Crippen molar-refractivity contribution in [1.82, 2.24) is 10.6 Å². The van der Waals surface area contributed by atoms with E-state index >= 15 is 0 Å². The molecular formula is C10H15N3O6S. The van der Waals surface area contributed by atoms with Crippen molar-refractivity contribution < 1.29 is 27.9 Å². The highest BCUT2D eigenvalue weighted by molar-refractivity contribution is 7.94. The average molecular weight is 305 g/mol. The summed E-state index contributed by atoms with van der Waals surface area (Å²) in [6.45, 7) is 0. The third kappa shape index (κ3) is 5.26. The van der Waals surface area contributed by atoms with Crippen LogP contribution in [0.3, 0.4) is 0 Å². The van der Waals surface area contributed by atoms with Gasteiger partial charge in [-0.3, -0.25) is 4.79 Å². The number of sulfone groups is 1. The molecule has 0 saturated carbocycles. The van der Waals surface area contributed by atoms with E-state index in [0.29, 0.717) is 0 Å². The number of carboxylic acids is 1. The number of nitrogens with two attached hydrogens (primary N) is 1. The number of carbonyl (C=O) groups excluding carboxylic acids is 2. The summed E-state index contributed by atoms with van der Waals surface area (Å²) in [5.74, 6) is -2.25. The van der Waals surface area contributed by atoms with E-state index in [1.165, 1.54) is 6.08 Å². The lowest BCUT2D eigenvalue weighted by Crippen LogP contribution is -2.49. The van der Waals surface area contributed by atoms with Gasteiger partial charge < -0.3 is 21.5 Å². The minimum Gasteiger partial charge on any atom is -0.480 e. The molecule has 1 aliphatic rings. The highest BCUT2D eigenvalue weighted by atomic mass is 32.2. The summed E-state index contributed by atoms with van der Waals surface area (Å²) in [7, 11) is -3.31. The zero-order valence-electron chi connectivity index (χ0n) is 10.4. The van der Waals surface area contributed by atoms with E-state index in [4.69, 9.17) is 10.8 Å². The molecule has 0 aromatic heterocycles. The van der Waals surface area contributed by atoms with Crippen LogP contribution in [0.25, 0.3) is 0 Å². The Morgan fingerprint density at radius 1 is 1.40 bits per heavy atom. The fraction of sp³-hybridized carbons (Fsp3) is 0.500. The molecule has 20 heavy (non-hydrogen) atoms. The summed E-state index contributed by atoms with van der Waals surface area (Å²) in [5, 5.41) is 14.3. The Bertz CT molecular complexity index is 541. The van der Waals surface area contributed by atoms with Crippen LogP contribution in [-0.2, 0) is 19.4 Å². The van der Waals surface area contributed by atoms with Gasteiger partial charge in [0, 0.05) is 11.8 Å². The quantitative estimate of drug-likeness (QED) is 0.459. The van der Waals surface area contributed by atoms with Crippen molar-refractivity contribution in [3.8, 4) is 0 Å². The predicted molar refractivity (Wildman–Crippen MR) is 68.2 cm³/mol. The van der Waals surface area contributed by atoms with Crippen LogP contribution in [0.5, 0.6) is 0 Å². The molecule has 0 bridgehead atoms. The lowest BCUT2D eigenvalue weighted by Gasteiger charge is -2.16. The third-order valence-electron chi connectivity index (χ3n) is 2.53. The summed E-state index contributed by atoms with van der Waals surface area (Å²) in [4.78, 5) is 33.0. The minimum absolute atomic E-state index is 0.142. The van der Waals surface area contributed by atoms with Gasteiger partial charge in [0.25, 0.3) is 0 Å². The van der Waals surface area contributed by atoms with Gasteiger partial charge in [-0.15, -0.1) is 0 Å². The van der Waals surface area contributed by atoms with Gasteiger partial charge in [0.1, 0.15) is 6.04 Å². The molecule has 0 spiro atoms. The van der Waals surface area contributed by atoms with Crippen LogP contribution in [0.1, 0.15) is 12.8 Å². The number of amides is 3. The fourth-order valence-electron chi connectivity index (χ4n) is 1.58.